The number of fused-ring (bicyclic) bond motifs is 8. The number of carbonyl (C=O) groups excluding carboxylic acids is 4. The van der Waals surface area contributed by atoms with Gasteiger partial charge in [0.1, 0.15) is 59.9 Å². The maximum Gasteiger partial charge on any atom is 0.391 e. The van der Waals surface area contributed by atoms with Gasteiger partial charge in [0.15, 0.2) is 29.0 Å². The number of aliphatic hydroxyl groups is 2. The summed E-state index contributed by atoms with van der Waals surface area (Å²) in [5.41, 5.74) is 1.01. The third-order valence-corrected chi connectivity index (χ3v) is 13.1. The summed E-state index contributed by atoms with van der Waals surface area (Å²) in [4.78, 5) is 75.9. The van der Waals surface area contributed by atoms with E-state index in [4.69, 9.17) is 24.1 Å². The number of alkyl halides is 6. The van der Waals surface area contributed by atoms with Crippen molar-refractivity contribution >= 4 is 58.3 Å². The Morgan fingerprint density at radius 2 is 1.21 bits per heavy atom. The van der Waals surface area contributed by atoms with Crippen LogP contribution in [-0.2, 0) is 9.47 Å². The standard InChI is InChI=1S/C26H30F3N5O5.C23H26F3N5O5/c1-15(26(27,28)29)10-21(35)19-4-5-20-23(31-19)34(16-7-9-33(20)12-16)24(36)32-22-11-17(6-8-30-22)37-13-18-14-38-25(2,3)39-18;1-13(23(24,25)26)8-19(34)17-2-3-18-21(28-17)31(14-5-7-30(18)10-14)22(35)29-20-9-16(4-6-27-20)36-12-15(33)11-32/h4-6,8,11,15-16,18H,7,9-10,12-14H2,1-3H3,(H,30,32,36);2-4,6,9,13-15,32-33H,5,7-8,10-12H2,1H3,(H,27,29,35)/t15-,16-,18-;13-,14-,15+/m00/s1. The number of nitrogens with zero attached hydrogens (tertiary/aromatic N) is 8. The van der Waals surface area contributed by atoms with Crippen LogP contribution >= 0.6 is 0 Å². The van der Waals surface area contributed by atoms with Crippen molar-refractivity contribution in [1.82, 2.24) is 19.9 Å². The van der Waals surface area contributed by atoms with E-state index in [2.05, 4.69) is 30.6 Å². The minimum atomic E-state index is -4.50. The first-order valence-corrected chi connectivity index (χ1v) is 24.2. The summed E-state index contributed by atoms with van der Waals surface area (Å²) < 4.78 is 100. The van der Waals surface area contributed by atoms with Crippen molar-refractivity contribution in [3.63, 3.8) is 0 Å². The molecule has 0 aliphatic carbocycles. The molecule has 0 spiro atoms. The molecule has 0 radical (unpaired) electrons. The van der Waals surface area contributed by atoms with E-state index < -0.39 is 79.2 Å². The summed E-state index contributed by atoms with van der Waals surface area (Å²) in [5.74, 6) is -4.16. The fourth-order valence-electron chi connectivity index (χ4n) is 9.01. The highest BCUT2D eigenvalue weighted by Gasteiger charge is 2.44. The van der Waals surface area contributed by atoms with Crippen LogP contribution in [0.5, 0.6) is 11.5 Å². The largest absolute Gasteiger partial charge is 0.491 e. The zero-order valence-corrected chi connectivity index (χ0v) is 41.2. The number of ether oxygens (including phenoxy) is 4. The van der Waals surface area contributed by atoms with E-state index in [1.54, 1.807) is 24.3 Å². The maximum atomic E-state index is 13.5. The summed E-state index contributed by atoms with van der Waals surface area (Å²) in [6.45, 7) is 8.08. The van der Waals surface area contributed by atoms with Gasteiger partial charge in [-0.25, -0.2) is 29.5 Å². The third-order valence-electron chi connectivity index (χ3n) is 13.1. The lowest BCUT2D eigenvalue weighted by Crippen LogP contribution is -2.48. The SMILES string of the molecule is C[C@@H](CC(=O)c1ccc2c(n1)N(C(=O)Nc1cc(OC[C@H](O)CO)ccn1)[C@H]1CCN2C1)C(F)(F)F.C[C@@H](CC(=O)c1ccc2c(n1)N(C(=O)Nc1cc(OC[C@H]3COC(C)(C)O3)ccn1)[C@H]1CCN2C1)C(F)(F)F. The van der Waals surface area contributed by atoms with Gasteiger partial charge in [-0.05, 0) is 63.1 Å². The van der Waals surface area contributed by atoms with Crippen molar-refractivity contribution in [2.24, 2.45) is 11.8 Å². The van der Waals surface area contributed by atoms with Crippen LogP contribution in [0, 0.1) is 11.8 Å². The summed E-state index contributed by atoms with van der Waals surface area (Å²) >= 11 is 0. The second-order valence-electron chi connectivity index (χ2n) is 19.3. The number of ketones is 2. The van der Waals surface area contributed by atoms with Crippen LogP contribution < -0.4 is 39.7 Å². The predicted octanol–water partition coefficient (Wildman–Crippen LogP) is 7.02. The van der Waals surface area contributed by atoms with Crippen LogP contribution in [-0.4, -0.2) is 149 Å². The Kier molecular flexibility index (Phi) is 16.0. The highest BCUT2D eigenvalue weighted by Crippen LogP contribution is 2.42. The van der Waals surface area contributed by atoms with E-state index >= 15 is 0 Å². The molecule has 4 aromatic rings. The Hall–Kier alpha value is -6.90. The van der Waals surface area contributed by atoms with Crippen LogP contribution in [0.4, 0.5) is 70.6 Å². The Balaban J connectivity index is 0.000000200. The average Bonchev–Trinajstić information content (AvgIpc) is 4.11. The Bertz CT molecular complexity index is 2750. The number of amides is 4. The molecular weight excluding hydrogens is 1000 g/mol. The third kappa shape index (κ3) is 13.0. The van der Waals surface area contributed by atoms with Crippen molar-refractivity contribution in [3.8, 4) is 11.5 Å². The number of aromatic nitrogens is 4. The quantitative estimate of drug-likeness (QED) is 0.0692. The Morgan fingerprint density at radius 3 is 1.64 bits per heavy atom. The molecular formula is C49H56F6N10O10. The van der Waals surface area contributed by atoms with Gasteiger partial charge in [-0.1, -0.05) is 13.8 Å². The summed E-state index contributed by atoms with van der Waals surface area (Å²) in [6, 6.07) is 10.7. The molecule has 9 rings (SSSR count). The molecule has 4 amide bonds. The molecule has 75 heavy (non-hydrogen) atoms. The van der Waals surface area contributed by atoms with Crippen molar-refractivity contribution < 1.29 is 74.7 Å². The molecule has 26 heteroatoms. The molecule has 3 fully saturated rings. The highest BCUT2D eigenvalue weighted by atomic mass is 19.4. The van der Waals surface area contributed by atoms with E-state index in [1.165, 1.54) is 46.5 Å². The lowest BCUT2D eigenvalue weighted by molar-refractivity contribution is -0.169. The number of carbonyl (C=O) groups is 4. The number of pyridine rings is 4. The second-order valence-corrected chi connectivity index (χ2v) is 19.3. The fraction of sp³-hybridized carbons (Fsp3) is 0.510. The van der Waals surface area contributed by atoms with Gasteiger partial charge in [0.25, 0.3) is 0 Å². The number of aliphatic hydroxyl groups excluding tert-OH is 2. The minimum absolute atomic E-state index is 0.111. The molecule has 6 atom stereocenters. The van der Waals surface area contributed by atoms with Crippen molar-refractivity contribution in [3.05, 3.63) is 72.3 Å². The van der Waals surface area contributed by atoms with Gasteiger partial charge in [0, 0.05) is 63.5 Å². The van der Waals surface area contributed by atoms with Crippen LogP contribution in [0.1, 0.15) is 74.4 Å². The molecule has 0 unspecified atom stereocenters. The van der Waals surface area contributed by atoms with E-state index in [1.807, 2.05) is 23.6 Å². The molecule has 4 aromatic heterocycles. The molecule has 3 saturated heterocycles. The molecule has 20 nitrogen and oxygen atoms in total. The zero-order chi connectivity index (χ0) is 54.0. The van der Waals surface area contributed by atoms with Gasteiger partial charge in [-0.15, -0.1) is 0 Å². The molecule has 0 aromatic carbocycles. The summed E-state index contributed by atoms with van der Waals surface area (Å²) in [7, 11) is 0. The number of hydrogen-bond acceptors (Lipinski definition) is 16. The Labute approximate surface area is 426 Å². The van der Waals surface area contributed by atoms with E-state index in [-0.39, 0.29) is 66.1 Å². The minimum Gasteiger partial charge on any atom is -0.491 e. The molecule has 0 saturated carbocycles. The maximum absolute atomic E-state index is 13.5. The monoisotopic (exact) mass is 1060 g/mol. The predicted molar refractivity (Wildman–Crippen MR) is 258 cm³/mol. The number of rotatable bonds is 15. The number of hydrogen-bond donors (Lipinski definition) is 4. The summed E-state index contributed by atoms with van der Waals surface area (Å²) in [5, 5.41) is 23.8. The van der Waals surface area contributed by atoms with Crippen molar-refractivity contribution in [1.29, 1.82) is 0 Å². The van der Waals surface area contributed by atoms with E-state index in [0.717, 1.165) is 13.8 Å². The van der Waals surface area contributed by atoms with E-state index in [0.29, 0.717) is 68.5 Å². The topological polar surface area (TPSA) is 234 Å². The lowest BCUT2D eigenvalue weighted by atomic mass is 10.0. The van der Waals surface area contributed by atoms with Crippen LogP contribution in [0.3, 0.4) is 0 Å². The zero-order valence-electron chi connectivity index (χ0n) is 41.2. The van der Waals surface area contributed by atoms with Crippen LogP contribution in [0.25, 0.3) is 0 Å². The smallest absolute Gasteiger partial charge is 0.391 e. The lowest BCUT2D eigenvalue weighted by Gasteiger charge is -2.35. The van der Waals surface area contributed by atoms with Gasteiger partial charge in [0.05, 0.1) is 48.5 Å². The van der Waals surface area contributed by atoms with Gasteiger partial charge in [-0.3, -0.25) is 30.0 Å². The normalized spacial score (nSPS) is 20.5. The number of halogens is 6. The van der Waals surface area contributed by atoms with Crippen molar-refractivity contribution in [2.75, 3.05) is 82.8 Å². The summed E-state index contributed by atoms with van der Waals surface area (Å²) in [6.07, 6.45) is -7.52. The fourth-order valence-corrected chi connectivity index (χ4v) is 9.01. The molecule has 5 aliphatic heterocycles. The highest BCUT2D eigenvalue weighted by molar-refractivity contribution is 6.06. The van der Waals surface area contributed by atoms with Gasteiger partial charge < -0.3 is 39.0 Å². The van der Waals surface area contributed by atoms with Crippen LogP contribution in [0.2, 0.25) is 0 Å². The number of urea groups is 2. The Morgan fingerprint density at radius 1 is 0.747 bits per heavy atom. The first-order valence-electron chi connectivity index (χ1n) is 24.2. The number of Topliss-reactive ketones (excluding diaryl/α,β-unsaturated/α-hetero) is 2. The molecule has 9 heterocycles. The first kappa shape index (κ1) is 54.4. The molecule has 4 N–H and O–H groups in total. The van der Waals surface area contributed by atoms with E-state index in [9.17, 15) is 50.6 Å². The van der Waals surface area contributed by atoms with Crippen LogP contribution in [0.15, 0.2) is 60.9 Å². The first-order chi connectivity index (χ1) is 35.5. The average molecular weight is 1060 g/mol. The van der Waals surface area contributed by atoms with Gasteiger partial charge >= 0.3 is 24.4 Å². The van der Waals surface area contributed by atoms with Gasteiger partial charge in [-0.2, -0.15) is 26.3 Å². The van der Waals surface area contributed by atoms with Crippen molar-refractivity contribution in [2.45, 2.75) is 95.8 Å². The number of anilines is 6. The number of nitrogens with one attached hydrogen (secondary N) is 2. The molecule has 5 aliphatic rings. The second kappa shape index (κ2) is 22.1. The molecule has 404 valence electrons. The molecule has 4 bridgehead atoms. The van der Waals surface area contributed by atoms with Gasteiger partial charge in [0.2, 0.25) is 0 Å².